The van der Waals surface area contributed by atoms with Gasteiger partial charge in [-0.2, -0.15) is 0 Å². The summed E-state index contributed by atoms with van der Waals surface area (Å²) in [6.07, 6.45) is 4.03. The van der Waals surface area contributed by atoms with E-state index in [2.05, 4.69) is 13.8 Å². The zero-order chi connectivity index (χ0) is 12.8. The van der Waals surface area contributed by atoms with E-state index >= 15 is 0 Å². The largest absolute Gasteiger partial charge is 0.327 e. The van der Waals surface area contributed by atoms with Crippen molar-refractivity contribution >= 4 is 11.6 Å². The van der Waals surface area contributed by atoms with E-state index in [-0.39, 0.29) is 11.9 Å². The first-order valence-electron chi connectivity index (χ1n) is 6.26. The molecule has 0 amide bonds. The fourth-order valence-electron chi connectivity index (χ4n) is 2.10. The van der Waals surface area contributed by atoms with Crippen molar-refractivity contribution in [1.82, 2.24) is 0 Å². The molecule has 1 rings (SSSR count). The van der Waals surface area contributed by atoms with Crippen molar-refractivity contribution in [2.24, 2.45) is 11.7 Å². The van der Waals surface area contributed by atoms with Crippen molar-refractivity contribution < 1.29 is 4.39 Å². The first kappa shape index (κ1) is 14.5. The molecular weight excluding hydrogens is 237 g/mol. The topological polar surface area (TPSA) is 26.0 Å². The van der Waals surface area contributed by atoms with E-state index in [0.29, 0.717) is 10.9 Å². The summed E-state index contributed by atoms with van der Waals surface area (Å²) in [7, 11) is 0. The third-order valence-electron chi connectivity index (χ3n) is 3.29. The second-order valence-corrected chi connectivity index (χ2v) is 5.03. The highest BCUT2D eigenvalue weighted by molar-refractivity contribution is 6.31. The van der Waals surface area contributed by atoms with E-state index in [0.717, 1.165) is 31.2 Å². The highest BCUT2D eigenvalue weighted by atomic mass is 35.5. The standard InChI is InChI=1S/C14H21ClFN/c1-3-10(4-2)7-13(17)8-11-5-6-12(16)9-14(11)15/h5-6,9-10,13H,3-4,7-8,17H2,1-2H3. The molecule has 0 fully saturated rings. The molecule has 0 saturated carbocycles. The van der Waals surface area contributed by atoms with Gasteiger partial charge in [-0.3, -0.25) is 0 Å². The van der Waals surface area contributed by atoms with Crippen LogP contribution in [0, 0.1) is 11.7 Å². The molecule has 1 aromatic rings. The molecule has 2 N–H and O–H groups in total. The van der Waals surface area contributed by atoms with E-state index in [9.17, 15) is 4.39 Å². The summed E-state index contributed by atoms with van der Waals surface area (Å²) in [4.78, 5) is 0. The van der Waals surface area contributed by atoms with Crippen molar-refractivity contribution in [2.45, 2.75) is 45.6 Å². The molecule has 1 unspecified atom stereocenters. The number of halogens is 2. The van der Waals surface area contributed by atoms with E-state index in [4.69, 9.17) is 17.3 Å². The fourth-order valence-corrected chi connectivity index (χ4v) is 2.35. The summed E-state index contributed by atoms with van der Waals surface area (Å²) in [5.74, 6) is 0.372. The maximum Gasteiger partial charge on any atom is 0.124 e. The first-order chi connectivity index (χ1) is 8.06. The van der Waals surface area contributed by atoms with Crippen molar-refractivity contribution in [3.8, 4) is 0 Å². The molecule has 0 bridgehead atoms. The van der Waals surface area contributed by atoms with Gasteiger partial charge in [0.05, 0.1) is 0 Å². The van der Waals surface area contributed by atoms with Crippen LogP contribution in [0.3, 0.4) is 0 Å². The third kappa shape index (κ3) is 4.64. The Bertz CT molecular complexity index is 350. The molecule has 0 radical (unpaired) electrons. The van der Waals surface area contributed by atoms with Gasteiger partial charge in [0, 0.05) is 11.1 Å². The molecule has 0 saturated heterocycles. The van der Waals surface area contributed by atoms with Gasteiger partial charge < -0.3 is 5.73 Å². The zero-order valence-corrected chi connectivity index (χ0v) is 11.3. The van der Waals surface area contributed by atoms with E-state index in [1.54, 1.807) is 6.07 Å². The third-order valence-corrected chi connectivity index (χ3v) is 3.64. The van der Waals surface area contributed by atoms with Crippen LogP contribution in [-0.2, 0) is 6.42 Å². The van der Waals surface area contributed by atoms with Gasteiger partial charge in [-0.25, -0.2) is 4.39 Å². The molecule has 17 heavy (non-hydrogen) atoms. The monoisotopic (exact) mass is 257 g/mol. The fraction of sp³-hybridized carbons (Fsp3) is 0.571. The molecule has 1 aromatic carbocycles. The Morgan fingerprint density at radius 1 is 1.29 bits per heavy atom. The zero-order valence-electron chi connectivity index (χ0n) is 10.5. The summed E-state index contributed by atoms with van der Waals surface area (Å²) in [6.45, 7) is 4.37. The predicted octanol–water partition coefficient (Wildman–Crippen LogP) is 4.18. The van der Waals surface area contributed by atoms with Crippen LogP contribution in [0.2, 0.25) is 5.02 Å². The molecule has 0 spiro atoms. The molecule has 0 heterocycles. The molecule has 1 nitrogen and oxygen atoms in total. The summed E-state index contributed by atoms with van der Waals surface area (Å²) in [5.41, 5.74) is 7.05. The first-order valence-corrected chi connectivity index (χ1v) is 6.64. The Labute approximate surface area is 108 Å². The van der Waals surface area contributed by atoms with E-state index in [1.165, 1.54) is 12.1 Å². The van der Waals surface area contributed by atoms with Gasteiger partial charge in [0.15, 0.2) is 0 Å². The average Bonchev–Trinajstić information content (AvgIpc) is 2.29. The summed E-state index contributed by atoms with van der Waals surface area (Å²) >= 11 is 5.98. The normalized spacial score (nSPS) is 13.1. The van der Waals surface area contributed by atoms with Crippen LogP contribution in [0.5, 0.6) is 0 Å². The van der Waals surface area contributed by atoms with Gasteiger partial charge in [-0.15, -0.1) is 0 Å². The Kier molecular flexibility index (Phi) is 5.93. The van der Waals surface area contributed by atoms with Crippen molar-refractivity contribution in [3.63, 3.8) is 0 Å². The van der Waals surface area contributed by atoms with Crippen LogP contribution in [-0.4, -0.2) is 6.04 Å². The van der Waals surface area contributed by atoms with Crippen LogP contribution in [0.25, 0.3) is 0 Å². The minimum Gasteiger partial charge on any atom is -0.327 e. The molecule has 0 aromatic heterocycles. The lowest BCUT2D eigenvalue weighted by Crippen LogP contribution is -2.26. The molecule has 1 atom stereocenters. The van der Waals surface area contributed by atoms with Crippen LogP contribution in [0.1, 0.15) is 38.7 Å². The van der Waals surface area contributed by atoms with Crippen LogP contribution in [0.4, 0.5) is 4.39 Å². The lowest BCUT2D eigenvalue weighted by molar-refractivity contribution is 0.407. The molecule has 0 aliphatic carbocycles. The number of nitrogens with two attached hydrogens (primary N) is 1. The summed E-state index contributed by atoms with van der Waals surface area (Å²) < 4.78 is 12.9. The second kappa shape index (κ2) is 6.97. The van der Waals surface area contributed by atoms with Crippen molar-refractivity contribution in [3.05, 3.63) is 34.6 Å². The van der Waals surface area contributed by atoms with Crippen LogP contribution in [0.15, 0.2) is 18.2 Å². The van der Waals surface area contributed by atoms with Gasteiger partial charge in [-0.1, -0.05) is 44.4 Å². The Balaban J connectivity index is 2.58. The minimum absolute atomic E-state index is 0.0999. The summed E-state index contributed by atoms with van der Waals surface area (Å²) in [6, 6.07) is 4.61. The SMILES string of the molecule is CCC(CC)CC(N)Cc1ccc(F)cc1Cl. The van der Waals surface area contributed by atoms with Crippen molar-refractivity contribution in [2.75, 3.05) is 0 Å². The van der Waals surface area contributed by atoms with Crippen molar-refractivity contribution in [1.29, 1.82) is 0 Å². The number of benzene rings is 1. The highest BCUT2D eigenvalue weighted by Gasteiger charge is 2.12. The molecule has 96 valence electrons. The number of rotatable bonds is 6. The van der Waals surface area contributed by atoms with Gasteiger partial charge in [-0.05, 0) is 36.5 Å². The van der Waals surface area contributed by atoms with E-state index in [1.807, 2.05) is 0 Å². The van der Waals surface area contributed by atoms with Gasteiger partial charge in [0.25, 0.3) is 0 Å². The van der Waals surface area contributed by atoms with Gasteiger partial charge >= 0.3 is 0 Å². The van der Waals surface area contributed by atoms with Gasteiger partial charge in [0.1, 0.15) is 5.82 Å². The Hall–Kier alpha value is -0.600. The lowest BCUT2D eigenvalue weighted by atomic mass is 9.92. The average molecular weight is 258 g/mol. The number of hydrogen-bond acceptors (Lipinski definition) is 1. The second-order valence-electron chi connectivity index (χ2n) is 4.62. The predicted molar refractivity (Wildman–Crippen MR) is 71.8 cm³/mol. The van der Waals surface area contributed by atoms with Gasteiger partial charge in [0.2, 0.25) is 0 Å². The quantitative estimate of drug-likeness (QED) is 0.813. The molecule has 0 aliphatic rings. The smallest absolute Gasteiger partial charge is 0.124 e. The Morgan fingerprint density at radius 2 is 1.94 bits per heavy atom. The molecule has 3 heteroatoms. The number of hydrogen-bond donors (Lipinski definition) is 1. The Morgan fingerprint density at radius 3 is 2.47 bits per heavy atom. The molecule has 0 aliphatic heterocycles. The van der Waals surface area contributed by atoms with Crippen LogP contribution < -0.4 is 5.73 Å². The molecular formula is C14H21ClFN. The maximum atomic E-state index is 12.9. The lowest BCUT2D eigenvalue weighted by Gasteiger charge is -2.18. The minimum atomic E-state index is -0.299. The maximum absolute atomic E-state index is 12.9. The van der Waals surface area contributed by atoms with E-state index < -0.39 is 0 Å². The summed E-state index contributed by atoms with van der Waals surface area (Å²) in [5, 5.41) is 0.477. The highest BCUT2D eigenvalue weighted by Crippen LogP contribution is 2.21. The van der Waals surface area contributed by atoms with Crippen LogP contribution >= 0.6 is 11.6 Å².